The van der Waals surface area contributed by atoms with E-state index in [1.54, 1.807) is 24.9 Å². The molecule has 1 heterocycles. The highest BCUT2D eigenvalue weighted by Crippen LogP contribution is 2.31. The van der Waals surface area contributed by atoms with Crippen LogP contribution in [-0.4, -0.2) is 24.6 Å². The molecule has 0 saturated carbocycles. The Labute approximate surface area is 92.9 Å². The number of nitrogens with zero attached hydrogens (tertiary/aromatic N) is 1. The Balaban J connectivity index is 2.32. The molecule has 0 radical (unpaired) electrons. The van der Waals surface area contributed by atoms with Crippen molar-refractivity contribution in [3.8, 4) is 5.75 Å². The molecule has 1 aromatic carbocycles. The van der Waals surface area contributed by atoms with E-state index >= 15 is 0 Å². The zero-order valence-corrected chi connectivity index (χ0v) is 9.30. The topological polar surface area (TPSA) is 62.3 Å². The Kier molecular flexibility index (Phi) is 2.73. The second-order valence-corrected chi connectivity index (χ2v) is 4.31. The quantitative estimate of drug-likeness (QED) is 0.750. The molecule has 2 rings (SSSR count). The number of nitrogens with two attached hydrogens (primary N) is 1. The van der Waals surface area contributed by atoms with Crippen LogP contribution in [-0.2, 0) is 0 Å². The molecule has 1 aliphatic heterocycles. The van der Waals surface area contributed by atoms with Crippen molar-refractivity contribution >= 4 is 28.3 Å². The largest absolute Gasteiger partial charge is 0.497 e. The molecule has 0 aromatic heterocycles. The van der Waals surface area contributed by atoms with E-state index in [1.165, 1.54) is 0 Å². The number of anilines is 2. The highest BCUT2D eigenvalue weighted by Gasteiger charge is 2.21. The fourth-order valence-electron chi connectivity index (χ4n) is 1.55. The molecule has 4 nitrogen and oxygen atoms in total. The Bertz CT molecular complexity index is 394. The van der Waals surface area contributed by atoms with Gasteiger partial charge in [-0.15, -0.1) is 0 Å². The fraction of sp³-hybridized carbons (Fsp3) is 0.300. The number of ether oxygens (including phenoxy) is 1. The Hall–Kier alpha value is -1.36. The van der Waals surface area contributed by atoms with E-state index in [0.717, 1.165) is 23.7 Å². The predicted molar refractivity (Wildman–Crippen MR) is 64.9 cm³/mol. The molecule has 0 bridgehead atoms. The second kappa shape index (κ2) is 4.02. The lowest BCUT2D eigenvalue weighted by Crippen LogP contribution is -2.23. The van der Waals surface area contributed by atoms with Crippen molar-refractivity contribution in [2.24, 2.45) is 0 Å². The van der Waals surface area contributed by atoms with E-state index in [0.29, 0.717) is 10.9 Å². The minimum absolute atomic E-state index is 0.562. The number of thioether (sulfide) groups is 1. The first-order chi connectivity index (χ1) is 7.22. The van der Waals surface area contributed by atoms with Crippen LogP contribution in [0.3, 0.4) is 0 Å². The number of nitrogens with one attached hydrogen (secondary N) is 1. The van der Waals surface area contributed by atoms with Crippen LogP contribution in [0.15, 0.2) is 18.2 Å². The molecule has 1 saturated heterocycles. The van der Waals surface area contributed by atoms with Gasteiger partial charge in [0.2, 0.25) is 0 Å². The summed E-state index contributed by atoms with van der Waals surface area (Å²) in [5, 5.41) is 8.30. The SMILES string of the molecule is COc1ccc(N2CCSC2=N)c(N)c1. The highest BCUT2D eigenvalue weighted by atomic mass is 32.2. The summed E-state index contributed by atoms with van der Waals surface area (Å²) in [6.45, 7) is 0.847. The predicted octanol–water partition coefficient (Wildman–Crippen LogP) is 1.77. The average Bonchev–Trinajstić information content (AvgIpc) is 2.64. The third-order valence-corrected chi connectivity index (χ3v) is 3.20. The number of benzene rings is 1. The minimum atomic E-state index is 0.562. The van der Waals surface area contributed by atoms with E-state index in [1.807, 2.05) is 17.0 Å². The highest BCUT2D eigenvalue weighted by molar-refractivity contribution is 8.14. The lowest BCUT2D eigenvalue weighted by atomic mass is 10.2. The molecule has 0 unspecified atom stereocenters. The minimum Gasteiger partial charge on any atom is -0.497 e. The van der Waals surface area contributed by atoms with Crippen molar-refractivity contribution < 1.29 is 4.74 Å². The number of hydrogen-bond donors (Lipinski definition) is 2. The summed E-state index contributed by atoms with van der Waals surface area (Å²) in [5.41, 5.74) is 7.46. The number of amidine groups is 1. The molecular weight excluding hydrogens is 210 g/mol. The summed E-state index contributed by atoms with van der Waals surface area (Å²) >= 11 is 1.54. The standard InChI is InChI=1S/C10H13N3OS/c1-14-7-2-3-9(8(11)6-7)13-4-5-15-10(13)12/h2-3,6,12H,4-5,11H2,1H3. The molecule has 80 valence electrons. The molecule has 0 atom stereocenters. The second-order valence-electron chi connectivity index (χ2n) is 3.23. The molecular formula is C10H13N3OS. The van der Waals surface area contributed by atoms with Crippen molar-refractivity contribution in [1.82, 2.24) is 0 Å². The molecule has 5 heteroatoms. The molecule has 1 aliphatic rings. The van der Waals surface area contributed by atoms with Crippen LogP contribution < -0.4 is 15.4 Å². The number of rotatable bonds is 2. The zero-order chi connectivity index (χ0) is 10.8. The van der Waals surface area contributed by atoms with Gasteiger partial charge in [-0.05, 0) is 12.1 Å². The zero-order valence-electron chi connectivity index (χ0n) is 8.49. The van der Waals surface area contributed by atoms with Crippen molar-refractivity contribution in [2.45, 2.75) is 0 Å². The summed E-state index contributed by atoms with van der Waals surface area (Å²) < 4.78 is 5.08. The molecule has 0 amide bonds. The monoisotopic (exact) mass is 223 g/mol. The Morgan fingerprint density at radius 3 is 2.87 bits per heavy atom. The van der Waals surface area contributed by atoms with Gasteiger partial charge in [0.05, 0.1) is 18.5 Å². The molecule has 3 N–H and O–H groups in total. The van der Waals surface area contributed by atoms with Crippen LogP contribution in [0.1, 0.15) is 0 Å². The first kappa shape index (κ1) is 10.2. The van der Waals surface area contributed by atoms with Gasteiger partial charge in [-0.3, -0.25) is 5.41 Å². The molecule has 1 aromatic rings. The maximum Gasteiger partial charge on any atom is 0.161 e. The van der Waals surface area contributed by atoms with E-state index in [9.17, 15) is 0 Å². The van der Waals surface area contributed by atoms with Crippen LogP contribution in [0.4, 0.5) is 11.4 Å². The first-order valence-corrected chi connectivity index (χ1v) is 5.63. The summed E-state index contributed by atoms with van der Waals surface area (Å²) in [5.74, 6) is 1.69. The number of nitrogen functional groups attached to an aromatic ring is 1. The maximum absolute atomic E-state index is 7.74. The third kappa shape index (κ3) is 1.87. The van der Waals surface area contributed by atoms with Crippen molar-refractivity contribution in [3.63, 3.8) is 0 Å². The normalized spacial score (nSPS) is 15.8. The van der Waals surface area contributed by atoms with Gasteiger partial charge in [0.25, 0.3) is 0 Å². The van der Waals surface area contributed by atoms with Crippen LogP contribution in [0, 0.1) is 5.41 Å². The van der Waals surface area contributed by atoms with E-state index in [-0.39, 0.29) is 0 Å². The average molecular weight is 223 g/mol. The fourth-order valence-corrected chi connectivity index (χ4v) is 2.36. The maximum atomic E-state index is 7.74. The lowest BCUT2D eigenvalue weighted by molar-refractivity contribution is 0.415. The van der Waals surface area contributed by atoms with Crippen LogP contribution >= 0.6 is 11.8 Å². The summed E-state index contributed by atoms with van der Waals surface area (Å²) in [6.07, 6.45) is 0. The van der Waals surface area contributed by atoms with E-state index < -0.39 is 0 Å². The molecule has 0 aliphatic carbocycles. The molecule has 1 fully saturated rings. The summed E-state index contributed by atoms with van der Waals surface area (Å²) in [6, 6.07) is 5.54. The van der Waals surface area contributed by atoms with Gasteiger partial charge < -0.3 is 15.4 Å². The van der Waals surface area contributed by atoms with Crippen molar-refractivity contribution in [2.75, 3.05) is 30.0 Å². The van der Waals surface area contributed by atoms with Gasteiger partial charge in [-0.2, -0.15) is 0 Å². The van der Waals surface area contributed by atoms with Gasteiger partial charge in [0, 0.05) is 18.4 Å². The Morgan fingerprint density at radius 2 is 2.33 bits per heavy atom. The summed E-state index contributed by atoms with van der Waals surface area (Å²) in [7, 11) is 1.61. The molecule has 0 spiro atoms. The van der Waals surface area contributed by atoms with Crippen LogP contribution in [0.5, 0.6) is 5.75 Å². The Morgan fingerprint density at radius 1 is 1.53 bits per heavy atom. The third-order valence-electron chi connectivity index (χ3n) is 2.32. The van der Waals surface area contributed by atoms with E-state index in [2.05, 4.69) is 0 Å². The van der Waals surface area contributed by atoms with Crippen LogP contribution in [0.25, 0.3) is 0 Å². The molecule has 15 heavy (non-hydrogen) atoms. The van der Waals surface area contributed by atoms with Gasteiger partial charge in [-0.1, -0.05) is 11.8 Å². The van der Waals surface area contributed by atoms with Gasteiger partial charge >= 0.3 is 0 Å². The van der Waals surface area contributed by atoms with Gasteiger partial charge in [0.15, 0.2) is 5.17 Å². The van der Waals surface area contributed by atoms with E-state index in [4.69, 9.17) is 15.9 Å². The first-order valence-electron chi connectivity index (χ1n) is 4.65. The smallest absolute Gasteiger partial charge is 0.161 e. The van der Waals surface area contributed by atoms with Crippen molar-refractivity contribution in [1.29, 1.82) is 5.41 Å². The number of methoxy groups -OCH3 is 1. The number of hydrogen-bond acceptors (Lipinski definition) is 4. The van der Waals surface area contributed by atoms with Crippen molar-refractivity contribution in [3.05, 3.63) is 18.2 Å². The van der Waals surface area contributed by atoms with Crippen LogP contribution in [0.2, 0.25) is 0 Å². The lowest BCUT2D eigenvalue weighted by Gasteiger charge is -2.19. The van der Waals surface area contributed by atoms with Gasteiger partial charge in [0.1, 0.15) is 5.75 Å². The summed E-state index contributed by atoms with van der Waals surface area (Å²) in [4.78, 5) is 1.92. The van der Waals surface area contributed by atoms with Gasteiger partial charge in [-0.25, -0.2) is 0 Å².